The van der Waals surface area contributed by atoms with Crippen molar-refractivity contribution >= 4 is 16.9 Å². The van der Waals surface area contributed by atoms with Gasteiger partial charge in [-0.05, 0) is 31.0 Å². The van der Waals surface area contributed by atoms with Gasteiger partial charge >= 0.3 is 0 Å². The van der Waals surface area contributed by atoms with E-state index in [1.54, 1.807) is 19.6 Å². The number of piperidine rings is 1. The van der Waals surface area contributed by atoms with Gasteiger partial charge in [0.25, 0.3) is 0 Å². The molecule has 3 aromatic rings. The number of nitrogens with zero attached hydrogens (tertiary/aromatic N) is 3. The van der Waals surface area contributed by atoms with Gasteiger partial charge in [-0.2, -0.15) is 5.10 Å². The van der Waals surface area contributed by atoms with Crippen molar-refractivity contribution in [2.45, 2.75) is 25.3 Å². The highest BCUT2D eigenvalue weighted by Crippen LogP contribution is 2.27. The summed E-state index contributed by atoms with van der Waals surface area (Å²) in [5, 5.41) is 5.29. The fraction of sp³-hybridized carbons (Fsp3) is 0.368. The van der Waals surface area contributed by atoms with Gasteiger partial charge in [-0.1, -0.05) is 0 Å². The minimum Gasteiger partial charge on any atom is -0.497 e. The summed E-state index contributed by atoms with van der Waals surface area (Å²) < 4.78 is 12.8. The Morgan fingerprint density at radius 3 is 3.16 bits per heavy atom. The van der Waals surface area contributed by atoms with Crippen molar-refractivity contribution in [2.24, 2.45) is 0 Å². The molecular weight excluding hydrogens is 318 g/mol. The second-order valence-corrected chi connectivity index (χ2v) is 6.42. The first-order valence-electron chi connectivity index (χ1n) is 8.55. The van der Waals surface area contributed by atoms with Crippen LogP contribution in [0.15, 0.2) is 47.3 Å². The number of benzene rings is 1. The zero-order valence-corrected chi connectivity index (χ0v) is 14.2. The van der Waals surface area contributed by atoms with E-state index >= 15 is 0 Å². The zero-order valence-electron chi connectivity index (χ0n) is 14.2. The van der Waals surface area contributed by atoms with Crippen LogP contribution in [0.4, 0.5) is 0 Å². The summed E-state index contributed by atoms with van der Waals surface area (Å²) in [6.07, 6.45) is 7.84. The monoisotopic (exact) mass is 339 g/mol. The highest BCUT2D eigenvalue weighted by atomic mass is 16.5. The van der Waals surface area contributed by atoms with Crippen LogP contribution in [0.3, 0.4) is 0 Å². The van der Waals surface area contributed by atoms with Crippen molar-refractivity contribution in [1.29, 1.82) is 0 Å². The second kappa shape index (κ2) is 6.63. The number of fused-ring (bicyclic) bond motifs is 1. The minimum absolute atomic E-state index is 0.135. The van der Waals surface area contributed by atoms with Crippen LogP contribution in [-0.4, -0.2) is 40.8 Å². The van der Waals surface area contributed by atoms with Gasteiger partial charge in [0, 0.05) is 42.5 Å². The standard InChI is InChI=1S/C19H21N3O3/c1-24-16-5-6-17-14(13-25-18(17)11-16)10-19(23)21-8-2-4-15(12-21)22-9-3-7-20-22/h3,5-7,9,11,13,15H,2,4,8,10,12H2,1H3. The number of rotatable bonds is 4. The Balaban J connectivity index is 1.48. The van der Waals surface area contributed by atoms with Crippen LogP contribution in [0.25, 0.3) is 11.0 Å². The van der Waals surface area contributed by atoms with Crippen molar-refractivity contribution in [3.8, 4) is 5.75 Å². The van der Waals surface area contributed by atoms with Crippen molar-refractivity contribution in [3.63, 3.8) is 0 Å². The lowest BCUT2D eigenvalue weighted by Gasteiger charge is -2.33. The number of furan rings is 1. The molecule has 1 unspecified atom stereocenters. The summed E-state index contributed by atoms with van der Waals surface area (Å²) in [6.45, 7) is 1.52. The molecule has 6 heteroatoms. The molecule has 1 aliphatic heterocycles. The van der Waals surface area contributed by atoms with Crippen LogP contribution < -0.4 is 4.74 Å². The molecule has 1 amide bonds. The zero-order chi connectivity index (χ0) is 17.2. The Labute approximate surface area is 146 Å². The second-order valence-electron chi connectivity index (χ2n) is 6.42. The molecule has 1 aromatic carbocycles. The SMILES string of the molecule is COc1ccc2c(CC(=O)N3CCCC(n4cccn4)C3)coc2c1. The first-order chi connectivity index (χ1) is 12.2. The van der Waals surface area contributed by atoms with Crippen LogP contribution in [-0.2, 0) is 11.2 Å². The van der Waals surface area contributed by atoms with Crippen molar-refractivity contribution < 1.29 is 13.9 Å². The van der Waals surface area contributed by atoms with Gasteiger partial charge in [-0.3, -0.25) is 9.48 Å². The summed E-state index contributed by atoms with van der Waals surface area (Å²) in [5.41, 5.74) is 1.67. The molecule has 0 N–H and O–H groups in total. The molecule has 6 nitrogen and oxygen atoms in total. The Morgan fingerprint density at radius 2 is 2.36 bits per heavy atom. The van der Waals surface area contributed by atoms with Gasteiger partial charge in [0.1, 0.15) is 11.3 Å². The van der Waals surface area contributed by atoms with Crippen molar-refractivity contribution in [3.05, 3.63) is 48.5 Å². The molecule has 0 bridgehead atoms. The summed E-state index contributed by atoms with van der Waals surface area (Å²) in [4.78, 5) is 14.7. The van der Waals surface area contributed by atoms with Gasteiger partial charge in [-0.15, -0.1) is 0 Å². The maximum atomic E-state index is 12.8. The summed E-state index contributed by atoms with van der Waals surface area (Å²) >= 11 is 0. The van der Waals surface area contributed by atoms with E-state index < -0.39 is 0 Å². The molecule has 0 radical (unpaired) electrons. The fourth-order valence-corrected chi connectivity index (χ4v) is 3.50. The summed E-state index contributed by atoms with van der Waals surface area (Å²) in [5.74, 6) is 0.883. The number of aromatic nitrogens is 2. The van der Waals surface area contributed by atoms with E-state index in [9.17, 15) is 4.79 Å². The van der Waals surface area contributed by atoms with Crippen LogP contribution in [0, 0.1) is 0 Å². The van der Waals surface area contributed by atoms with E-state index in [4.69, 9.17) is 9.15 Å². The molecule has 2 aromatic heterocycles. The van der Waals surface area contributed by atoms with Crippen LogP contribution >= 0.6 is 0 Å². The molecule has 25 heavy (non-hydrogen) atoms. The quantitative estimate of drug-likeness (QED) is 0.733. The smallest absolute Gasteiger partial charge is 0.227 e. The third-order valence-corrected chi connectivity index (χ3v) is 4.85. The van der Waals surface area contributed by atoms with E-state index in [2.05, 4.69) is 5.10 Å². The molecule has 0 aliphatic carbocycles. The summed E-state index contributed by atoms with van der Waals surface area (Å²) in [6, 6.07) is 7.87. The number of carbonyl (C=O) groups is 1. The van der Waals surface area contributed by atoms with E-state index in [0.29, 0.717) is 13.0 Å². The Kier molecular flexibility index (Phi) is 4.17. The molecule has 1 aliphatic rings. The van der Waals surface area contributed by atoms with E-state index in [1.807, 2.05) is 40.0 Å². The van der Waals surface area contributed by atoms with E-state index in [1.165, 1.54) is 0 Å². The maximum absolute atomic E-state index is 12.8. The fourth-order valence-electron chi connectivity index (χ4n) is 3.50. The van der Waals surface area contributed by atoms with Crippen molar-refractivity contribution in [1.82, 2.24) is 14.7 Å². The molecule has 0 saturated carbocycles. The topological polar surface area (TPSA) is 60.5 Å². The number of likely N-dealkylation sites (tertiary alicyclic amines) is 1. The third kappa shape index (κ3) is 3.12. The lowest BCUT2D eigenvalue weighted by atomic mass is 10.0. The highest BCUT2D eigenvalue weighted by Gasteiger charge is 2.25. The first kappa shape index (κ1) is 15.7. The molecule has 1 saturated heterocycles. The summed E-state index contributed by atoms with van der Waals surface area (Å²) in [7, 11) is 1.63. The number of methoxy groups -OCH3 is 1. The number of hydrogen-bond acceptors (Lipinski definition) is 4. The van der Waals surface area contributed by atoms with E-state index in [-0.39, 0.29) is 11.9 Å². The van der Waals surface area contributed by atoms with Gasteiger partial charge in [-0.25, -0.2) is 0 Å². The Hall–Kier alpha value is -2.76. The number of hydrogen-bond donors (Lipinski definition) is 0. The molecule has 0 spiro atoms. The Morgan fingerprint density at radius 1 is 1.44 bits per heavy atom. The minimum atomic E-state index is 0.135. The number of carbonyl (C=O) groups excluding carboxylic acids is 1. The maximum Gasteiger partial charge on any atom is 0.227 e. The molecular formula is C19H21N3O3. The lowest BCUT2D eigenvalue weighted by molar-refractivity contribution is -0.132. The highest BCUT2D eigenvalue weighted by molar-refractivity contribution is 5.88. The van der Waals surface area contributed by atoms with Gasteiger partial charge in [0.2, 0.25) is 5.91 Å². The molecule has 130 valence electrons. The van der Waals surface area contributed by atoms with Crippen LogP contribution in [0.1, 0.15) is 24.4 Å². The molecule has 4 rings (SSSR count). The van der Waals surface area contributed by atoms with E-state index in [0.717, 1.165) is 41.7 Å². The third-order valence-electron chi connectivity index (χ3n) is 4.85. The number of amides is 1. The van der Waals surface area contributed by atoms with Crippen LogP contribution in [0.2, 0.25) is 0 Å². The Bertz CT molecular complexity index is 869. The number of ether oxygens (including phenoxy) is 1. The van der Waals surface area contributed by atoms with Gasteiger partial charge in [0.05, 0.1) is 25.8 Å². The molecule has 1 atom stereocenters. The first-order valence-corrected chi connectivity index (χ1v) is 8.55. The lowest BCUT2D eigenvalue weighted by Crippen LogP contribution is -2.41. The normalized spacial score (nSPS) is 17.8. The van der Waals surface area contributed by atoms with Crippen LogP contribution in [0.5, 0.6) is 5.75 Å². The predicted octanol–water partition coefficient (Wildman–Crippen LogP) is 3.04. The average molecular weight is 339 g/mol. The van der Waals surface area contributed by atoms with Crippen molar-refractivity contribution in [2.75, 3.05) is 20.2 Å². The van der Waals surface area contributed by atoms with Gasteiger partial charge in [0.15, 0.2) is 0 Å². The molecule has 3 heterocycles. The van der Waals surface area contributed by atoms with Gasteiger partial charge < -0.3 is 14.1 Å². The average Bonchev–Trinajstić information content (AvgIpc) is 3.32. The predicted molar refractivity (Wildman–Crippen MR) is 93.5 cm³/mol. The largest absolute Gasteiger partial charge is 0.497 e. The molecule has 1 fully saturated rings.